The summed E-state index contributed by atoms with van der Waals surface area (Å²) < 4.78 is 26.7. The Morgan fingerprint density at radius 2 is 1.67 bits per heavy atom. The van der Waals surface area contributed by atoms with Gasteiger partial charge in [-0.2, -0.15) is 0 Å². The van der Waals surface area contributed by atoms with Gasteiger partial charge in [-0.15, -0.1) is 0 Å². The zero-order valence-corrected chi connectivity index (χ0v) is 25.1. The Bertz CT molecular complexity index is 1600. The lowest BCUT2D eigenvalue weighted by molar-refractivity contribution is -0.138. The highest BCUT2D eigenvalue weighted by atomic mass is 35.5. The van der Waals surface area contributed by atoms with Crippen LogP contribution in [-0.2, 0) is 44.4 Å². The molecule has 2 amide bonds. The van der Waals surface area contributed by atoms with Crippen molar-refractivity contribution in [3.63, 3.8) is 0 Å². The van der Waals surface area contributed by atoms with Crippen LogP contribution in [0.15, 0.2) is 72.8 Å². The summed E-state index contributed by atoms with van der Waals surface area (Å²) in [7, 11) is -3.43. The molecule has 0 unspecified atom stereocenters. The molecule has 3 aliphatic heterocycles. The molecule has 3 aromatic carbocycles. The molecule has 1 fully saturated rings. The molecular weight excluding hydrogens is 572 g/mol. The molecule has 3 heterocycles. The van der Waals surface area contributed by atoms with Gasteiger partial charge in [-0.05, 0) is 59.7 Å². The minimum Gasteiger partial charge on any atom is -0.343 e. The van der Waals surface area contributed by atoms with Crippen molar-refractivity contribution >= 4 is 39.1 Å². The number of hydrogen-bond acceptors (Lipinski definition) is 5. The lowest BCUT2D eigenvalue weighted by atomic mass is 9.74. The van der Waals surface area contributed by atoms with Crippen LogP contribution in [0.3, 0.4) is 0 Å². The first-order chi connectivity index (χ1) is 20.1. The average molecular weight is 607 g/mol. The quantitative estimate of drug-likeness (QED) is 0.448. The second-order valence-electron chi connectivity index (χ2n) is 11.7. The number of amides is 2. The highest BCUT2D eigenvalue weighted by Crippen LogP contribution is 2.47. The summed E-state index contributed by atoms with van der Waals surface area (Å²) in [5.41, 5.74) is 4.64. The topological polar surface area (TPSA) is 98.8 Å². The van der Waals surface area contributed by atoms with E-state index in [-0.39, 0.29) is 17.2 Å². The zero-order chi connectivity index (χ0) is 29.5. The maximum atomic E-state index is 14.0. The summed E-state index contributed by atoms with van der Waals surface area (Å²) >= 11 is 6.10. The van der Waals surface area contributed by atoms with E-state index in [4.69, 9.17) is 11.6 Å². The van der Waals surface area contributed by atoms with Gasteiger partial charge in [0.2, 0.25) is 21.8 Å². The Morgan fingerprint density at radius 3 is 2.38 bits per heavy atom. The summed E-state index contributed by atoms with van der Waals surface area (Å²) in [6, 6.07) is 21.9. The monoisotopic (exact) mass is 606 g/mol. The normalized spacial score (nSPS) is 20.1. The Hall–Kier alpha value is -3.40. The molecule has 1 saturated heterocycles. The Balaban J connectivity index is 1.19. The SMILES string of the molecule is CS(=O)(=O)N1CC2(CCN(C(=O)[C@@H](Cc3ccc(Cl)cc3)NC(=O)[C@H]3Cc4ccccc4CN3)CC2)c2ccccc21. The lowest BCUT2D eigenvalue weighted by Crippen LogP contribution is -2.57. The van der Waals surface area contributed by atoms with Gasteiger partial charge in [-0.3, -0.25) is 13.9 Å². The van der Waals surface area contributed by atoms with Crippen LogP contribution >= 0.6 is 11.6 Å². The van der Waals surface area contributed by atoms with E-state index in [2.05, 4.69) is 16.7 Å². The number of carbonyl (C=O) groups is 2. The van der Waals surface area contributed by atoms with Crippen LogP contribution in [0, 0.1) is 0 Å². The third-order valence-electron chi connectivity index (χ3n) is 8.99. The fourth-order valence-electron chi connectivity index (χ4n) is 6.65. The molecule has 0 saturated carbocycles. The van der Waals surface area contributed by atoms with E-state index in [0.29, 0.717) is 56.9 Å². The smallest absolute Gasteiger partial charge is 0.245 e. The van der Waals surface area contributed by atoms with Crippen LogP contribution in [0.4, 0.5) is 5.69 Å². The number of para-hydroxylation sites is 1. The molecular formula is C32H35ClN4O4S. The van der Waals surface area contributed by atoms with Gasteiger partial charge in [0, 0.05) is 43.0 Å². The maximum absolute atomic E-state index is 14.0. The van der Waals surface area contributed by atoms with Gasteiger partial charge in [-0.1, -0.05) is 66.2 Å². The Labute approximate surface area is 252 Å². The molecule has 220 valence electrons. The zero-order valence-electron chi connectivity index (χ0n) is 23.6. The minimum atomic E-state index is -3.43. The third kappa shape index (κ3) is 5.65. The second-order valence-corrected chi connectivity index (χ2v) is 14.0. The van der Waals surface area contributed by atoms with Crippen LogP contribution in [0.2, 0.25) is 5.02 Å². The number of likely N-dealkylation sites (tertiary alicyclic amines) is 1. The molecule has 0 radical (unpaired) electrons. The highest BCUT2D eigenvalue weighted by Gasteiger charge is 2.48. The molecule has 2 N–H and O–H groups in total. The number of piperidine rings is 1. The van der Waals surface area contributed by atoms with Gasteiger partial charge in [0.1, 0.15) is 6.04 Å². The molecule has 8 nitrogen and oxygen atoms in total. The molecule has 0 bridgehead atoms. The Kier molecular flexibility index (Phi) is 7.76. The van der Waals surface area contributed by atoms with Crippen molar-refractivity contribution in [3.8, 4) is 0 Å². The number of fused-ring (bicyclic) bond motifs is 3. The summed E-state index contributed by atoms with van der Waals surface area (Å²) in [6.45, 7) is 1.94. The van der Waals surface area contributed by atoms with E-state index in [1.54, 1.807) is 12.1 Å². The molecule has 3 aromatic rings. The fraction of sp³-hybridized carbons (Fsp3) is 0.375. The number of halogens is 1. The van der Waals surface area contributed by atoms with Crippen LogP contribution in [0.1, 0.15) is 35.1 Å². The number of rotatable bonds is 6. The summed E-state index contributed by atoms with van der Waals surface area (Å²) in [6.07, 6.45) is 3.43. The first kappa shape index (κ1) is 28.7. The van der Waals surface area contributed by atoms with Crippen molar-refractivity contribution in [2.75, 3.05) is 30.2 Å². The van der Waals surface area contributed by atoms with Crippen LogP contribution < -0.4 is 14.9 Å². The second kappa shape index (κ2) is 11.4. The fourth-order valence-corrected chi connectivity index (χ4v) is 7.78. The number of nitrogens with zero attached hydrogens (tertiary/aromatic N) is 2. The molecule has 10 heteroatoms. The van der Waals surface area contributed by atoms with Gasteiger partial charge < -0.3 is 15.5 Å². The van der Waals surface area contributed by atoms with Crippen molar-refractivity contribution < 1.29 is 18.0 Å². The average Bonchev–Trinajstić information content (AvgIpc) is 3.32. The number of nitrogens with one attached hydrogen (secondary N) is 2. The standard InChI is InChI=1S/C32H35ClN4O4S/c1-42(40,41)37-21-32(26-8-4-5-9-29(26)37)14-16-36(17-15-32)31(39)28(18-22-10-12-25(33)13-11-22)35-30(38)27-19-23-6-2-3-7-24(23)20-34-27/h2-13,27-28,34H,14-21H2,1H3,(H,35,38)/t27-,28-/m1/s1. The molecule has 2 atom stereocenters. The van der Waals surface area contributed by atoms with Gasteiger partial charge in [0.25, 0.3) is 0 Å². The molecule has 6 rings (SSSR count). The largest absolute Gasteiger partial charge is 0.343 e. The van der Waals surface area contributed by atoms with Crippen molar-refractivity contribution in [1.29, 1.82) is 0 Å². The number of benzene rings is 3. The van der Waals surface area contributed by atoms with Crippen LogP contribution in [0.25, 0.3) is 0 Å². The lowest BCUT2D eigenvalue weighted by Gasteiger charge is -2.41. The van der Waals surface area contributed by atoms with Gasteiger partial charge >= 0.3 is 0 Å². The van der Waals surface area contributed by atoms with Crippen LogP contribution in [0.5, 0.6) is 0 Å². The van der Waals surface area contributed by atoms with E-state index in [9.17, 15) is 18.0 Å². The predicted molar refractivity (Wildman–Crippen MR) is 164 cm³/mol. The summed E-state index contributed by atoms with van der Waals surface area (Å²) in [4.78, 5) is 29.3. The molecule has 0 aromatic heterocycles. The maximum Gasteiger partial charge on any atom is 0.245 e. The van der Waals surface area contributed by atoms with Crippen molar-refractivity contribution in [3.05, 3.63) is 100 Å². The van der Waals surface area contributed by atoms with Crippen molar-refractivity contribution in [1.82, 2.24) is 15.5 Å². The first-order valence-electron chi connectivity index (χ1n) is 14.3. The van der Waals surface area contributed by atoms with Gasteiger partial charge in [0.15, 0.2) is 0 Å². The van der Waals surface area contributed by atoms with E-state index in [1.165, 1.54) is 16.1 Å². The highest BCUT2D eigenvalue weighted by molar-refractivity contribution is 7.92. The Morgan fingerprint density at radius 1 is 1.00 bits per heavy atom. The summed E-state index contributed by atoms with van der Waals surface area (Å²) in [5.74, 6) is -0.325. The van der Waals surface area contributed by atoms with E-state index in [0.717, 1.165) is 22.4 Å². The minimum absolute atomic E-state index is 0.129. The van der Waals surface area contributed by atoms with E-state index in [1.807, 2.05) is 59.5 Å². The van der Waals surface area contributed by atoms with Crippen molar-refractivity contribution in [2.45, 2.75) is 49.7 Å². The molecule has 3 aliphatic rings. The third-order valence-corrected chi connectivity index (χ3v) is 10.4. The number of hydrogen-bond donors (Lipinski definition) is 2. The molecule has 1 spiro atoms. The number of carbonyl (C=O) groups excluding carboxylic acids is 2. The van der Waals surface area contributed by atoms with Gasteiger partial charge in [0.05, 0.1) is 18.0 Å². The molecule has 0 aliphatic carbocycles. The van der Waals surface area contributed by atoms with E-state index >= 15 is 0 Å². The summed E-state index contributed by atoms with van der Waals surface area (Å²) in [5, 5.41) is 7.00. The van der Waals surface area contributed by atoms with Crippen LogP contribution in [-0.4, -0.2) is 63.1 Å². The number of anilines is 1. The van der Waals surface area contributed by atoms with Gasteiger partial charge in [-0.25, -0.2) is 8.42 Å². The predicted octanol–water partition coefficient (Wildman–Crippen LogP) is 3.42. The van der Waals surface area contributed by atoms with E-state index < -0.39 is 22.1 Å². The molecule has 42 heavy (non-hydrogen) atoms. The first-order valence-corrected chi connectivity index (χ1v) is 16.6. The number of sulfonamides is 1. The van der Waals surface area contributed by atoms with Crippen molar-refractivity contribution in [2.24, 2.45) is 0 Å².